The van der Waals surface area contributed by atoms with E-state index in [1.54, 1.807) is 14.1 Å². The number of alkyl halides is 3. The smallest absolute Gasteiger partial charge is 0.343 e. The molecule has 0 aliphatic carbocycles. The Morgan fingerprint density at radius 1 is 1.13 bits per heavy atom. The lowest BCUT2D eigenvalue weighted by Crippen LogP contribution is -2.32. The van der Waals surface area contributed by atoms with Crippen molar-refractivity contribution in [3.05, 3.63) is 65.0 Å². The van der Waals surface area contributed by atoms with Crippen LogP contribution in [0.4, 0.5) is 13.2 Å². The molecule has 2 heterocycles. The van der Waals surface area contributed by atoms with E-state index < -0.39 is 12.6 Å². The summed E-state index contributed by atoms with van der Waals surface area (Å²) in [4.78, 5) is 16.3. The number of rotatable bonds is 5. The highest BCUT2D eigenvalue weighted by atomic mass is 19.4. The highest BCUT2D eigenvalue weighted by molar-refractivity contribution is 5.93. The molecule has 1 aliphatic heterocycles. The van der Waals surface area contributed by atoms with Crippen molar-refractivity contribution in [2.24, 2.45) is 0 Å². The number of hydrogen-bond acceptors (Lipinski definition) is 3. The predicted octanol–water partition coefficient (Wildman–Crippen LogP) is 4.25. The van der Waals surface area contributed by atoms with E-state index in [0.29, 0.717) is 26.1 Å². The van der Waals surface area contributed by atoms with Crippen LogP contribution in [0.15, 0.2) is 42.5 Å². The summed E-state index contributed by atoms with van der Waals surface area (Å²) in [7, 11) is 3.25. The van der Waals surface area contributed by atoms with Crippen LogP contribution in [-0.4, -0.2) is 52.3 Å². The van der Waals surface area contributed by atoms with E-state index in [0.717, 1.165) is 11.3 Å². The second-order valence-corrected chi connectivity index (χ2v) is 8.16. The Hall–Kier alpha value is -2.87. The summed E-state index contributed by atoms with van der Waals surface area (Å²) in [6.07, 6.45) is -4.66. The number of carbonyl (C=O) groups is 1. The summed E-state index contributed by atoms with van der Waals surface area (Å²) in [6.45, 7) is 1.61. The van der Waals surface area contributed by atoms with Crippen LogP contribution in [0, 0.1) is 0 Å². The number of aromatic nitrogens is 2. The Morgan fingerprint density at radius 3 is 2.61 bits per heavy atom. The lowest BCUT2D eigenvalue weighted by Gasteiger charge is -2.28. The predicted molar refractivity (Wildman–Crippen MR) is 113 cm³/mol. The van der Waals surface area contributed by atoms with Crippen molar-refractivity contribution in [1.29, 1.82) is 0 Å². The highest BCUT2D eigenvalue weighted by Gasteiger charge is 2.32. The number of benzene rings is 2. The second kappa shape index (κ2) is 8.34. The molecular formula is C23H25F3N4O. The van der Waals surface area contributed by atoms with Crippen LogP contribution < -0.4 is 0 Å². The zero-order valence-corrected chi connectivity index (χ0v) is 17.6. The third-order valence-corrected chi connectivity index (χ3v) is 5.70. The van der Waals surface area contributed by atoms with Crippen molar-refractivity contribution in [1.82, 2.24) is 19.6 Å². The van der Waals surface area contributed by atoms with E-state index in [2.05, 4.69) is 34.3 Å². The van der Waals surface area contributed by atoms with Gasteiger partial charge in [0.25, 0.3) is 5.91 Å². The lowest BCUT2D eigenvalue weighted by molar-refractivity contribution is -0.137. The summed E-state index contributed by atoms with van der Waals surface area (Å²) in [5.74, 6) is -0.283. The lowest BCUT2D eigenvalue weighted by atomic mass is 10.0. The minimum Gasteiger partial charge on any atom is -0.343 e. The molecule has 0 atom stereocenters. The average Bonchev–Trinajstić information content (AvgIpc) is 3.09. The molecule has 0 saturated heterocycles. The molecule has 1 amide bonds. The first-order chi connectivity index (χ1) is 14.7. The van der Waals surface area contributed by atoms with Gasteiger partial charge in [-0.2, -0.15) is 18.3 Å². The van der Waals surface area contributed by atoms with Gasteiger partial charge in [0.1, 0.15) is 0 Å². The SMILES string of the molecule is CN(C)C(=O)c1nn(CCC(F)(F)F)c2c1CN(Cc1cccc3ccccc13)CC2. The molecule has 5 nitrogen and oxygen atoms in total. The minimum absolute atomic E-state index is 0.254. The van der Waals surface area contributed by atoms with Crippen LogP contribution in [0.5, 0.6) is 0 Å². The van der Waals surface area contributed by atoms with E-state index in [1.807, 2.05) is 18.2 Å². The van der Waals surface area contributed by atoms with Crippen molar-refractivity contribution in [2.75, 3.05) is 20.6 Å². The van der Waals surface area contributed by atoms with Gasteiger partial charge < -0.3 is 4.90 Å². The van der Waals surface area contributed by atoms with Crippen molar-refractivity contribution in [3.63, 3.8) is 0 Å². The first-order valence-electron chi connectivity index (χ1n) is 10.3. The number of amides is 1. The van der Waals surface area contributed by atoms with E-state index in [-0.39, 0.29) is 18.1 Å². The van der Waals surface area contributed by atoms with Crippen LogP contribution in [-0.2, 0) is 26.1 Å². The van der Waals surface area contributed by atoms with Crippen LogP contribution in [0.25, 0.3) is 10.8 Å². The number of carbonyl (C=O) groups excluding carboxylic acids is 1. The van der Waals surface area contributed by atoms with Gasteiger partial charge in [0.15, 0.2) is 5.69 Å². The Kier molecular flexibility index (Phi) is 5.75. The number of nitrogens with zero attached hydrogens (tertiary/aromatic N) is 4. The summed E-state index contributed by atoms with van der Waals surface area (Å²) in [5.41, 5.74) is 2.92. The topological polar surface area (TPSA) is 41.4 Å². The molecule has 8 heteroatoms. The molecule has 0 saturated carbocycles. The molecule has 0 fully saturated rings. The van der Waals surface area contributed by atoms with Gasteiger partial charge in [-0.05, 0) is 16.3 Å². The third-order valence-electron chi connectivity index (χ3n) is 5.70. The zero-order valence-electron chi connectivity index (χ0n) is 17.6. The molecule has 164 valence electrons. The van der Waals surface area contributed by atoms with Crippen LogP contribution in [0.2, 0.25) is 0 Å². The van der Waals surface area contributed by atoms with E-state index in [9.17, 15) is 18.0 Å². The molecule has 1 aliphatic rings. The summed E-state index contributed by atoms with van der Waals surface area (Å²) >= 11 is 0. The first-order valence-corrected chi connectivity index (χ1v) is 10.3. The summed E-state index contributed by atoms with van der Waals surface area (Å²) in [6, 6.07) is 14.4. The number of halogens is 3. The Balaban J connectivity index is 1.62. The molecule has 3 aromatic rings. The van der Waals surface area contributed by atoms with Gasteiger partial charge in [0.2, 0.25) is 0 Å². The molecule has 0 radical (unpaired) electrons. The second-order valence-electron chi connectivity index (χ2n) is 8.16. The van der Waals surface area contributed by atoms with Crippen molar-refractivity contribution in [3.8, 4) is 0 Å². The minimum atomic E-state index is -4.26. The van der Waals surface area contributed by atoms with Crippen LogP contribution in [0.1, 0.15) is 33.7 Å². The van der Waals surface area contributed by atoms with Crippen molar-refractivity contribution >= 4 is 16.7 Å². The third kappa shape index (κ3) is 4.58. The van der Waals surface area contributed by atoms with E-state index in [4.69, 9.17) is 0 Å². The molecule has 0 spiro atoms. The normalized spacial score (nSPS) is 14.6. The maximum absolute atomic E-state index is 12.8. The Bertz CT molecular complexity index is 1100. The molecule has 1 aromatic heterocycles. The van der Waals surface area contributed by atoms with Crippen molar-refractivity contribution < 1.29 is 18.0 Å². The molecule has 0 N–H and O–H groups in total. The molecule has 0 unspecified atom stereocenters. The van der Waals surface area contributed by atoms with Gasteiger partial charge in [-0.25, -0.2) is 0 Å². The number of aryl methyl sites for hydroxylation is 1. The maximum Gasteiger partial charge on any atom is 0.390 e. The molecule has 4 rings (SSSR count). The zero-order chi connectivity index (χ0) is 22.2. The monoisotopic (exact) mass is 430 g/mol. The van der Waals surface area contributed by atoms with E-state index >= 15 is 0 Å². The average molecular weight is 430 g/mol. The molecule has 2 aromatic carbocycles. The van der Waals surface area contributed by atoms with Crippen LogP contribution in [0.3, 0.4) is 0 Å². The maximum atomic E-state index is 12.8. The number of hydrogen-bond donors (Lipinski definition) is 0. The fraction of sp³-hybridized carbons (Fsp3) is 0.391. The largest absolute Gasteiger partial charge is 0.390 e. The van der Waals surface area contributed by atoms with Gasteiger partial charge in [0, 0.05) is 58.0 Å². The molecule has 0 bridgehead atoms. The Labute approximate surface area is 179 Å². The van der Waals surface area contributed by atoms with E-state index in [1.165, 1.54) is 25.9 Å². The first kappa shape index (κ1) is 21.4. The van der Waals surface area contributed by atoms with Gasteiger partial charge in [-0.15, -0.1) is 0 Å². The summed E-state index contributed by atoms with van der Waals surface area (Å²) < 4.78 is 39.7. The van der Waals surface area contributed by atoms with Gasteiger partial charge in [-0.3, -0.25) is 14.4 Å². The Morgan fingerprint density at radius 2 is 1.87 bits per heavy atom. The van der Waals surface area contributed by atoms with Crippen molar-refractivity contribution in [2.45, 2.75) is 38.7 Å². The van der Waals surface area contributed by atoms with Gasteiger partial charge in [-0.1, -0.05) is 42.5 Å². The highest BCUT2D eigenvalue weighted by Crippen LogP contribution is 2.28. The fourth-order valence-electron chi connectivity index (χ4n) is 4.15. The van der Waals surface area contributed by atoms with Gasteiger partial charge >= 0.3 is 6.18 Å². The fourth-order valence-corrected chi connectivity index (χ4v) is 4.15. The standard InChI is InChI=1S/C23H25F3N4O/c1-28(2)22(31)21-19-15-29(12-10-20(19)30(27-21)13-11-23(24,25)26)14-17-8-5-7-16-6-3-4-9-18(16)17/h3-9H,10-15H2,1-2H3. The number of fused-ring (bicyclic) bond motifs is 2. The summed E-state index contributed by atoms with van der Waals surface area (Å²) in [5, 5.41) is 6.66. The quantitative estimate of drug-likeness (QED) is 0.608. The van der Waals surface area contributed by atoms with Crippen LogP contribution >= 0.6 is 0 Å². The molecule has 31 heavy (non-hydrogen) atoms. The molecular weight excluding hydrogens is 405 g/mol. The van der Waals surface area contributed by atoms with Gasteiger partial charge in [0.05, 0.1) is 6.42 Å².